The number of amides is 1. The van der Waals surface area contributed by atoms with Crippen LogP contribution < -0.4 is 5.46 Å². The highest BCUT2D eigenvalue weighted by Crippen LogP contribution is 2.28. The van der Waals surface area contributed by atoms with Gasteiger partial charge in [-0.15, -0.1) is 0 Å². The smallest absolute Gasteiger partial charge is 0.404 e. The van der Waals surface area contributed by atoms with Crippen molar-refractivity contribution in [2.24, 2.45) is 0 Å². The third kappa shape index (κ3) is 2.94. The molecule has 0 spiro atoms. The molecular weight excluding hydrogens is 279 g/mol. The minimum Gasteiger partial charge on any atom is -0.404 e. The molecule has 0 radical (unpaired) electrons. The molecule has 0 aliphatic carbocycles. The molecule has 1 aromatic carbocycles. The van der Waals surface area contributed by atoms with Gasteiger partial charge < -0.3 is 14.2 Å². The molecule has 2 fully saturated rings. The number of carbonyl (C=O) groups excluding carboxylic acids is 1. The number of carbonyl (C=O) groups is 1. The van der Waals surface area contributed by atoms with Gasteiger partial charge in [0.25, 0.3) is 11.8 Å². The Labute approximate surface area is 122 Å². The van der Waals surface area contributed by atoms with Crippen molar-refractivity contribution in [3.8, 4) is 0 Å². The highest BCUT2D eigenvalue weighted by atomic mass is 19.3. The molecule has 2 aliphatic heterocycles. The van der Waals surface area contributed by atoms with E-state index in [9.17, 15) is 13.6 Å². The van der Waals surface area contributed by atoms with Crippen LogP contribution in [0.3, 0.4) is 0 Å². The van der Waals surface area contributed by atoms with E-state index in [1.54, 1.807) is 24.3 Å². The number of likely N-dealkylation sites (tertiary alicyclic amines) is 1. The zero-order valence-electron chi connectivity index (χ0n) is 11.9. The first-order valence-corrected chi connectivity index (χ1v) is 6.82. The lowest BCUT2D eigenvalue weighted by molar-refractivity contribution is -0.113. The lowest BCUT2D eigenvalue weighted by Gasteiger charge is -2.38. The zero-order chi connectivity index (χ0) is 15.3. The van der Waals surface area contributed by atoms with Crippen molar-refractivity contribution >= 4 is 18.5 Å². The molecule has 4 nitrogen and oxygen atoms in total. The third-order valence-electron chi connectivity index (χ3n) is 3.57. The summed E-state index contributed by atoms with van der Waals surface area (Å²) in [5, 5.41) is 0. The van der Waals surface area contributed by atoms with E-state index >= 15 is 0 Å². The predicted molar refractivity (Wildman–Crippen MR) is 73.8 cm³/mol. The molecule has 3 rings (SSSR count). The number of halogens is 2. The second-order valence-corrected chi connectivity index (χ2v) is 6.16. The average molecular weight is 295 g/mol. The van der Waals surface area contributed by atoms with Crippen molar-refractivity contribution in [2.45, 2.75) is 25.4 Å². The molecule has 112 valence electrons. The highest BCUT2D eigenvalue weighted by molar-refractivity contribution is 6.61. The van der Waals surface area contributed by atoms with Crippen LogP contribution >= 0.6 is 0 Å². The Bertz CT molecular complexity index is 554. The Morgan fingerprint density at radius 1 is 1.24 bits per heavy atom. The van der Waals surface area contributed by atoms with Crippen LogP contribution in [0, 0.1) is 0 Å². The molecule has 0 unspecified atom stereocenters. The van der Waals surface area contributed by atoms with Crippen LogP contribution in [0.15, 0.2) is 24.3 Å². The van der Waals surface area contributed by atoms with Gasteiger partial charge >= 0.3 is 7.12 Å². The summed E-state index contributed by atoms with van der Waals surface area (Å²) in [6, 6.07) is 6.70. The molecule has 1 amide bonds. The molecule has 2 aliphatic rings. The molecule has 0 N–H and O–H groups in total. The molecular formula is C14H16BF2NO3. The van der Waals surface area contributed by atoms with Crippen LogP contribution in [0.25, 0.3) is 0 Å². The maximum Gasteiger partial charge on any atom is 0.494 e. The standard InChI is InChI=1S/C14H16BF2NO3/c1-13(2)9-20-15(21-13)11-5-3-10(4-6-11)12(19)18-7-14(16,17)8-18/h3-6H,7-9H2,1-2H3. The largest absolute Gasteiger partial charge is 0.494 e. The topological polar surface area (TPSA) is 38.8 Å². The zero-order valence-corrected chi connectivity index (χ0v) is 11.9. The molecule has 2 saturated heterocycles. The van der Waals surface area contributed by atoms with E-state index < -0.39 is 26.1 Å². The lowest BCUT2D eigenvalue weighted by atomic mass is 9.79. The van der Waals surface area contributed by atoms with Crippen molar-refractivity contribution < 1.29 is 22.9 Å². The van der Waals surface area contributed by atoms with Gasteiger partial charge in [-0.05, 0) is 31.4 Å². The summed E-state index contributed by atoms with van der Waals surface area (Å²) in [6.45, 7) is 3.37. The van der Waals surface area contributed by atoms with E-state index in [4.69, 9.17) is 9.31 Å². The van der Waals surface area contributed by atoms with E-state index in [-0.39, 0.29) is 11.5 Å². The summed E-state index contributed by atoms with van der Waals surface area (Å²) in [7, 11) is -0.447. The Balaban J connectivity index is 1.66. The first kappa shape index (κ1) is 14.5. The number of hydrogen-bond donors (Lipinski definition) is 0. The summed E-state index contributed by atoms with van der Waals surface area (Å²) < 4.78 is 36.8. The maximum atomic E-state index is 12.8. The van der Waals surface area contributed by atoms with Crippen LogP contribution in [-0.4, -0.2) is 49.1 Å². The Kier molecular flexibility index (Phi) is 3.29. The van der Waals surface area contributed by atoms with Gasteiger partial charge in [0.1, 0.15) is 0 Å². The molecule has 0 atom stereocenters. The molecule has 2 heterocycles. The van der Waals surface area contributed by atoms with Gasteiger partial charge in [0, 0.05) is 5.56 Å². The molecule has 0 bridgehead atoms. The van der Waals surface area contributed by atoms with Gasteiger partial charge in [-0.3, -0.25) is 4.79 Å². The number of rotatable bonds is 2. The second kappa shape index (κ2) is 4.78. The SMILES string of the molecule is CC1(C)COB(c2ccc(C(=O)N3CC(F)(F)C3)cc2)O1. The number of hydrogen-bond acceptors (Lipinski definition) is 3. The Hall–Kier alpha value is -1.47. The van der Waals surface area contributed by atoms with E-state index in [1.807, 2.05) is 13.8 Å². The fourth-order valence-corrected chi connectivity index (χ4v) is 2.42. The van der Waals surface area contributed by atoms with Gasteiger partial charge in [0.2, 0.25) is 0 Å². The second-order valence-electron chi connectivity index (χ2n) is 6.16. The first-order valence-electron chi connectivity index (χ1n) is 6.82. The monoisotopic (exact) mass is 295 g/mol. The van der Waals surface area contributed by atoms with E-state index in [0.717, 1.165) is 10.4 Å². The van der Waals surface area contributed by atoms with Crippen molar-refractivity contribution in [3.05, 3.63) is 29.8 Å². The van der Waals surface area contributed by atoms with E-state index in [0.29, 0.717) is 12.2 Å². The van der Waals surface area contributed by atoms with Gasteiger partial charge in [-0.25, -0.2) is 8.78 Å². The van der Waals surface area contributed by atoms with Gasteiger partial charge in [-0.1, -0.05) is 12.1 Å². The molecule has 1 aromatic rings. The fourth-order valence-electron chi connectivity index (χ4n) is 2.42. The molecule has 7 heteroatoms. The van der Waals surface area contributed by atoms with Gasteiger partial charge in [-0.2, -0.15) is 0 Å². The summed E-state index contributed by atoms with van der Waals surface area (Å²) in [4.78, 5) is 13.1. The normalized spacial score (nSPS) is 23.0. The Morgan fingerprint density at radius 3 is 2.33 bits per heavy atom. The minimum atomic E-state index is -2.74. The summed E-state index contributed by atoms with van der Waals surface area (Å²) in [6.07, 6.45) is 0. The van der Waals surface area contributed by atoms with E-state index in [2.05, 4.69) is 0 Å². The molecule has 0 aromatic heterocycles. The lowest BCUT2D eigenvalue weighted by Crippen LogP contribution is -2.58. The average Bonchev–Trinajstić information content (AvgIpc) is 2.76. The van der Waals surface area contributed by atoms with Crippen LogP contribution in [0.1, 0.15) is 24.2 Å². The number of benzene rings is 1. The van der Waals surface area contributed by atoms with Gasteiger partial charge in [0.15, 0.2) is 0 Å². The maximum absolute atomic E-state index is 12.8. The Morgan fingerprint density at radius 2 is 1.86 bits per heavy atom. The van der Waals surface area contributed by atoms with Crippen molar-refractivity contribution in [1.29, 1.82) is 0 Å². The quantitative estimate of drug-likeness (QED) is 0.772. The summed E-state index contributed by atoms with van der Waals surface area (Å²) in [5.41, 5.74) is 0.875. The highest BCUT2D eigenvalue weighted by Gasteiger charge is 2.46. The molecule has 21 heavy (non-hydrogen) atoms. The third-order valence-corrected chi connectivity index (χ3v) is 3.57. The minimum absolute atomic E-state index is 0.331. The summed E-state index contributed by atoms with van der Waals surface area (Å²) in [5.74, 6) is -3.12. The van der Waals surface area contributed by atoms with Crippen LogP contribution in [0.2, 0.25) is 0 Å². The van der Waals surface area contributed by atoms with Crippen molar-refractivity contribution in [1.82, 2.24) is 4.90 Å². The van der Waals surface area contributed by atoms with Crippen LogP contribution in [-0.2, 0) is 9.31 Å². The summed E-state index contributed by atoms with van der Waals surface area (Å²) >= 11 is 0. The van der Waals surface area contributed by atoms with Crippen LogP contribution in [0.4, 0.5) is 8.78 Å². The fraction of sp³-hybridized carbons (Fsp3) is 0.500. The predicted octanol–water partition coefficient (Wildman–Crippen LogP) is 1.30. The van der Waals surface area contributed by atoms with Gasteiger partial charge in [0.05, 0.1) is 25.3 Å². The number of nitrogens with zero attached hydrogens (tertiary/aromatic N) is 1. The number of alkyl halides is 2. The van der Waals surface area contributed by atoms with Crippen molar-refractivity contribution in [3.63, 3.8) is 0 Å². The first-order chi connectivity index (χ1) is 9.76. The van der Waals surface area contributed by atoms with Crippen LogP contribution in [0.5, 0.6) is 0 Å². The van der Waals surface area contributed by atoms with E-state index in [1.165, 1.54) is 0 Å². The molecule has 0 saturated carbocycles. The van der Waals surface area contributed by atoms with Crippen molar-refractivity contribution in [2.75, 3.05) is 19.7 Å².